The van der Waals surface area contributed by atoms with Crippen molar-refractivity contribution in [3.05, 3.63) is 35.9 Å². The number of nitrogens with zero attached hydrogens (tertiary/aromatic N) is 5. The zero-order chi connectivity index (χ0) is 44.4. The van der Waals surface area contributed by atoms with E-state index in [1.54, 1.807) is 78.9 Å². The molecular formula is C43H72N6O8. The van der Waals surface area contributed by atoms with Crippen LogP contribution in [0.3, 0.4) is 0 Å². The molecule has 0 spiro atoms. The molecule has 0 aromatic heterocycles. The van der Waals surface area contributed by atoms with Gasteiger partial charge in [0, 0.05) is 40.8 Å². The van der Waals surface area contributed by atoms with Crippen molar-refractivity contribution in [1.82, 2.24) is 29.8 Å². The van der Waals surface area contributed by atoms with E-state index in [1.807, 2.05) is 41.5 Å². The highest BCUT2D eigenvalue weighted by Crippen LogP contribution is 2.24. The van der Waals surface area contributed by atoms with E-state index in [9.17, 15) is 38.7 Å². The van der Waals surface area contributed by atoms with Gasteiger partial charge >= 0.3 is 5.97 Å². The van der Waals surface area contributed by atoms with Crippen molar-refractivity contribution in [3.63, 3.8) is 0 Å². The molecule has 1 aromatic carbocycles. The monoisotopic (exact) mass is 801 g/mol. The minimum absolute atomic E-state index is 0.291. The van der Waals surface area contributed by atoms with Gasteiger partial charge in [-0.25, -0.2) is 4.79 Å². The zero-order valence-corrected chi connectivity index (χ0v) is 37.6. The van der Waals surface area contributed by atoms with Crippen LogP contribution in [0.5, 0.6) is 0 Å². The first kappa shape index (κ1) is 50.5. The first-order valence-electron chi connectivity index (χ1n) is 20.2. The molecule has 14 heteroatoms. The number of hydrogen-bond acceptors (Lipinski definition) is 7. The second kappa shape index (κ2) is 21.9. The Balaban J connectivity index is 3.50. The van der Waals surface area contributed by atoms with Gasteiger partial charge < -0.3 is 34.9 Å². The third kappa shape index (κ3) is 12.3. The molecule has 6 amide bonds. The van der Waals surface area contributed by atoms with Gasteiger partial charge in [-0.2, -0.15) is 0 Å². The number of carbonyl (C=O) groups is 7. The van der Waals surface area contributed by atoms with Crippen LogP contribution in [0.1, 0.15) is 99.9 Å². The van der Waals surface area contributed by atoms with Crippen LogP contribution in [-0.4, -0.2) is 143 Å². The van der Waals surface area contributed by atoms with Gasteiger partial charge in [0.2, 0.25) is 29.5 Å². The van der Waals surface area contributed by atoms with Crippen LogP contribution in [0.4, 0.5) is 0 Å². The summed E-state index contributed by atoms with van der Waals surface area (Å²) in [6.45, 7) is 21.5. The van der Waals surface area contributed by atoms with Crippen molar-refractivity contribution in [3.8, 4) is 0 Å². The molecule has 1 aromatic rings. The van der Waals surface area contributed by atoms with Gasteiger partial charge in [0.05, 0.1) is 0 Å². The lowest BCUT2D eigenvalue weighted by Gasteiger charge is -2.41. The topological polar surface area (TPSA) is 168 Å². The molecule has 0 bridgehead atoms. The van der Waals surface area contributed by atoms with Crippen LogP contribution in [0, 0.1) is 35.5 Å². The van der Waals surface area contributed by atoms with E-state index in [0.717, 1.165) is 0 Å². The Labute approximate surface area is 341 Å². The molecule has 0 unspecified atom stereocenters. The Hall–Kier alpha value is -4.49. The summed E-state index contributed by atoms with van der Waals surface area (Å²) in [4.78, 5) is 103. The Morgan fingerprint density at radius 2 is 0.877 bits per heavy atom. The SMILES string of the molecule is CC[C@H](C)[C@@H](C(=O)N(C)[C@H](C(=O)O)C(C)C)N(C)C(=O)[C@@H](NC(=O)[C@H](C(C)C)N(C)C(=O)[C@H](C(C)C)N(C)C(=O)[C@H](C(C)C)N(C)C(=O)c1ccccc1)C(C)C. The summed E-state index contributed by atoms with van der Waals surface area (Å²) in [6, 6.07) is 2.53. The minimum atomic E-state index is -1.15. The molecule has 0 aliphatic carbocycles. The summed E-state index contributed by atoms with van der Waals surface area (Å²) in [5, 5.41) is 12.8. The molecule has 0 saturated carbocycles. The Morgan fingerprint density at radius 1 is 0.509 bits per heavy atom. The number of amides is 6. The van der Waals surface area contributed by atoms with Crippen molar-refractivity contribution in [2.45, 2.75) is 126 Å². The van der Waals surface area contributed by atoms with E-state index in [4.69, 9.17) is 0 Å². The smallest absolute Gasteiger partial charge is 0.326 e. The number of aliphatic carboxylic acids is 1. The Morgan fingerprint density at radius 3 is 1.26 bits per heavy atom. The fourth-order valence-corrected chi connectivity index (χ4v) is 7.69. The van der Waals surface area contributed by atoms with Crippen LogP contribution >= 0.6 is 0 Å². The molecule has 7 atom stereocenters. The summed E-state index contributed by atoms with van der Waals surface area (Å²) < 4.78 is 0. The van der Waals surface area contributed by atoms with E-state index in [-0.39, 0.29) is 29.6 Å². The average molecular weight is 801 g/mol. The second-order valence-corrected chi connectivity index (χ2v) is 17.2. The number of hydrogen-bond donors (Lipinski definition) is 2. The second-order valence-electron chi connectivity index (χ2n) is 17.2. The molecule has 1 rings (SSSR count). The van der Waals surface area contributed by atoms with Crippen molar-refractivity contribution in [1.29, 1.82) is 0 Å². The van der Waals surface area contributed by atoms with Crippen LogP contribution in [-0.2, 0) is 28.8 Å². The van der Waals surface area contributed by atoms with E-state index in [0.29, 0.717) is 12.0 Å². The standard InChI is InChI=1S/C43H72N6O8/c1-18-29(12)36(42(55)48(16)35(28(10)11)43(56)57)49(17)39(52)31(24(2)3)44-37(50)32(25(4)5)45(13)40(53)34(27(8)9)47(15)41(54)33(26(6)7)46(14)38(51)30-22-20-19-21-23-30/h19-29,31-36H,18H2,1-17H3,(H,44,50)(H,56,57)/t29-,31-,32-,33-,34-,35-,36-/m0/s1. The highest BCUT2D eigenvalue weighted by atomic mass is 16.4. The first-order chi connectivity index (χ1) is 26.3. The summed E-state index contributed by atoms with van der Waals surface area (Å²) in [6.07, 6.45) is 0.522. The van der Waals surface area contributed by atoms with Crippen molar-refractivity contribution >= 4 is 41.4 Å². The summed E-state index contributed by atoms with van der Waals surface area (Å²) in [5.41, 5.74) is 0.430. The van der Waals surface area contributed by atoms with Crippen LogP contribution in [0.2, 0.25) is 0 Å². The predicted octanol–water partition coefficient (Wildman–Crippen LogP) is 4.33. The van der Waals surface area contributed by atoms with Crippen molar-refractivity contribution < 1.29 is 38.7 Å². The average Bonchev–Trinajstić information content (AvgIpc) is 3.12. The lowest BCUT2D eigenvalue weighted by Crippen LogP contribution is -2.63. The lowest BCUT2D eigenvalue weighted by molar-refractivity contribution is -0.157. The largest absolute Gasteiger partial charge is 0.480 e. The molecule has 0 aliphatic heterocycles. The van der Waals surface area contributed by atoms with Gasteiger partial charge in [-0.3, -0.25) is 28.8 Å². The van der Waals surface area contributed by atoms with E-state index in [2.05, 4.69) is 5.32 Å². The number of carbonyl (C=O) groups excluding carboxylic acids is 6. The molecule has 0 radical (unpaired) electrons. The maximum absolute atomic E-state index is 14.5. The molecule has 0 aliphatic rings. The fraction of sp³-hybridized carbons (Fsp3) is 0.698. The van der Waals surface area contributed by atoms with Crippen molar-refractivity contribution in [2.24, 2.45) is 35.5 Å². The number of likely N-dealkylation sites (N-methyl/N-ethyl adjacent to an activating group) is 5. The van der Waals surface area contributed by atoms with Gasteiger partial charge in [0.15, 0.2) is 0 Å². The van der Waals surface area contributed by atoms with Crippen LogP contribution in [0.25, 0.3) is 0 Å². The zero-order valence-electron chi connectivity index (χ0n) is 37.6. The third-order valence-electron chi connectivity index (χ3n) is 11.0. The number of nitrogens with one attached hydrogen (secondary N) is 1. The highest BCUT2D eigenvalue weighted by molar-refractivity contribution is 5.99. The van der Waals surface area contributed by atoms with E-state index in [1.165, 1.54) is 52.7 Å². The van der Waals surface area contributed by atoms with E-state index < -0.39 is 83.6 Å². The summed E-state index contributed by atoms with van der Waals surface area (Å²) in [5.74, 6) is -6.26. The normalized spacial score (nSPS) is 15.3. The van der Waals surface area contributed by atoms with E-state index >= 15 is 0 Å². The van der Waals surface area contributed by atoms with Crippen LogP contribution < -0.4 is 5.32 Å². The molecule has 0 saturated heterocycles. The van der Waals surface area contributed by atoms with Gasteiger partial charge in [0.1, 0.15) is 36.3 Å². The molecule has 0 fully saturated rings. The molecule has 2 N–H and O–H groups in total. The fourth-order valence-electron chi connectivity index (χ4n) is 7.69. The molecule has 14 nitrogen and oxygen atoms in total. The van der Waals surface area contributed by atoms with Crippen molar-refractivity contribution in [2.75, 3.05) is 35.2 Å². The number of benzene rings is 1. The van der Waals surface area contributed by atoms with Gasteiger partial charge in [-0.05, 0) is 47.6 Å². The lowest BCUT2D eigenvalue weighted by atomic mass is 9.92. The summed E-state index contributed by atoms with van der Waals surface area (Å²) >= 11 is 0. The summed E-state index contributed by atoms with van der Waals surface area (Å²) in [7, 11) is 7.53. The number of carboxylic acid groups (broad SMARTS) is 1. The maximum Gasteiger partial charge on any atom is 0.326 e. The molecule has 0 heterocycles. The first-order valence-corrected chi connectivity index (χ1v) is 20.2. The van der Waals surface area contributed by atoms with Gasteiger partial charge in [-0.15, -0.1) is 0 Å². The number of rotatable bonds is 20. The Kier molecular flexibility index (Phi) is 19.4. The highest BCUT2D eigenvalue weighted by Gasteiger charge is 2.44. The minimum Gasteiger partial charge on any atom is -0.480 e. The van der Waals surface area contributed by atoms with Gasteiger partial charge in [0.25, 0.3) is 5.91 Å². The number of carboxylic acids is 1. The Bertz CT molecular complexity index is 1550. The van der Waals surface area contributed by atoms with Crippen LogP contribution in [0.15, 0.2) is 30.3 Å². The quantitative estimate of drug-likeness (QED) is 0.197. The predicted molar refractivity (Wildman–Crippen MR) is 222 cm³/mol. The molecule has 322 valence electrons. The van der Waals surface area contributed by atoms with Gasteiger partial charge in [-0.1, -0.05) is 108 Å². The molecule has 57 heavy (non-hydrogen) atoms. The third-order valence-corrected chi connectivity index (χ3v) is 11.0. The molecular weight excluding hydrogens is 729 g/mol. The maximum atomic E-state index is 14.5.